The fourth-order valence-corrected chi connectivity index (χ4v) is 4.09. The molecule has 3 aromatic rings. The minimum Gasteiger partial charge on any atom is -0.497 e. The molecule has 0 aliphatic carbocycles. The quantitative estimate of drug-likeness (QED) is 0.651. The van der Waals surface area contributed by atoms with Crippen molar-refractivity contribution in [2.45, 2.75) is 20.0 Å². The number of H-pyrrole nitrogens is 1. The standard InChI is InChI=1S/C20H25N3O3S/c1-12-8-16-19(27-12)15(11-23(2)3)18(22-16)20(24)21-10-13-6-7-14(25-4)9-17(13)26-5/h6-9,22H,10-11H2,1-5H3,(H,21,24). The highest BCUT2D eigenvalue weighted by molar-refractivity contribution is 7.19. The first kappa shape index (κ1) is 19.3. The lowest BCUT2D eigenvalue weighted by molar-refractivity contribution is 0.0945. The first-order chi connectivity index (χ1) is 12.9. The maximum absolute atomic E-state index is 12.9. The SMILES string of the molecule is COc1ccc(CNC(=O)c2[nH]c3cc(C)sc3c2CN(C)C)c(OC)c1. The van der Waals surface area contributed by atoms with Gasteiger partial charge in [-0.2, -0.15) is 0 Å². The Labute approximate surface area is 163 Å². The number of carbonyl (C=O) groups excluding carboxylic acids is 1. The van der Waals surface area contributed by atoms with E-state index in [1.165, 1.54) is 4.88 Å². The number of nitrogens with zero attached hydrogens (tertiary/aromatic N) is 1. The molecule has 0 unspecified atom stereocenters. The fraction of sp³-hybridized carbons (Fsp3) is 0.350. The Hall–Kier alpha value is -2.51. The second kappa shape index (κ2) is 8.02. The van der Waals surface area contributed by atoms with Crippen molar-refractivity contribution < 1.29 is 14.3 Å². The van der Waals surface area contributed by atoms with Crippen LogP contribution in [0.3, 0.4) is 0 Å². The van der Waals surface area contributed by atoms with Gasteiger partial charge in [0.05, 0.1) is 24.4 Å². The lowest BCUT2D eigenvalue weighted by Gasteiger charge is -2.13. The van der Waals surface area contributed by atoms with E-state index in [-0.39, 0.29) is 5.91 Å². The summed E-state index contributed by atoms with van der Waals surface area (Å²) in [5.41, 5.74) is 3.57. The molecule has 2 aromatic heterocycles. The summed E-state index contributed by atoms with van der Waals surface area (Å²) in [6.45, 7) is 3.15. The molecule has 2 heterocycles. The summed E-state index contributed by atoms with van der Waals surface area (Å²) >= 11 is 1.71. The van der Waals surface area contributed by atoms with Gasteiger partial charge < -0.3 is 24.7 Å². The number of benzene rings is 1. The van der Waals surface area contributed by atoms with Crippen LogP contribution in [0.1, 0.15) is 26.5 Å². The molecule has 0 saturated carbocycles. The van der Waals surface area contributed by atoms with Crippen LogP contribution in [-0.2, 0) is 13.1 Å². The van der Waals surface area contributed by atoms with Crippen LogP contribution in [0.5, 0.6) is 11.5 Å². The highest BCUT2D eigenvalue weighted by Crippen LogP contribution is 2.31. The number of methoxy groups -OCH3 is 2. The van der Waals surface area contributed by atoms with Crippen LogP contribution in [0.25, 0.3) is 10.2 Å². The Morgan fingerprint density at radius 2 is 2.00 bits per heavy atom. The highest BCUT2D eigenvalue weighted by Gasteiger charge is 2.20. The van der Waals surface area contributed by atoms with Crippen LogP contribution < -0.4 is 14.8 Å². The van der Waals surface area contributed by atoms with Crippen LogP contribution >= 0.6 is 11.3 Å². The Morgan fingerprint density at radius 1 is 1.22 bits per heavy atom. The molecule has 0 saturated heterocycles. The number of aromatic amines is 1. The first-order valence-electron chi connectivity index (χ1n) is 8.67. The Balaban J connectivity index is 1.83. The predicted octanol–water partition coefficient (Wildman–Crippen LogP) is 3.55. The zero-order chi connectivity index (χ0) is 19.6. The third-order valence-electron chi connectivity index (χ3n) is 4.33. The topological polar surface area (TPSA) is 66.6 Å². The molecule has 0 aliphatic rings. The number of aryl methyl sites for hydroxylation is 1. The molecule has 6 nitrogen and oxygen atoms in total. The van der Waals surface area contributed by atoms with Gasteiger partial charge in [0, 0.05) is 35.2 Å². The van der Waals surface area contributed by atoms with Gasteiger partial charge in [-0.3, -0.25) is 4.79 Å². The van der Waals surface area contributed by atoms with Crippen LogP contribution in [0, 0.1) is 6.92 Å². The lowest BCUT2D eigenvalue weighted by Crippen LogP contribution is -2.25. The van der Waals surface area contributed by atoms with E-state index < -0.39 is 0 Å². The molecule has 0 radical (unpaired) electrons. The van der Waals surface area contributed by atoms with E-state index in [9.17, 15) is 4.79 Å². The molecule has 2 N–H and O–H groups in total. The molecule has 0 atom stereocenters. The first-order valence-corrected chi connectivity index (χ1v) is 9.49. The molecule has 1 aromatic carbocycles. The number of rotatable bonds is 7. The summed E-state index contributed by atoms with van der Waals surface area (Å²) in [5.74, 6) is 1.28. The highest BCUT2D eigenvalue weighted by atomic mass is 32.1. The zero-order valence-corrected chi connectivity index (χ0v) is 17.1. The number of nitrogens with one attached hydrogen (secondary N) is 2. The summed E-state index contributed by atoms with van der Waals surface area (Å²) in [4.78, 5) is 19.5. The van der Waals surface area contributed by atoms with Crippen LogP contribution in [0.15, 0.2) is 24.3 Å². The van der Waals surface area contributed by atoms with Crippen LogP contribution in [-0.4, -0.2) is 44.1 Å². The number of fused-ring (bicyclic) bond motifs is 1. The molecule has 0 spiro atoms. The van der Waals surface area contributed by atoms with Crippen molar-refractivity contribution >= 4 is 27.5 Å². The predicted molar refractivity (Wildman–Crippen MR) is 109 cm³/mol. The molecule has 0 bridgehead atoms. The van der Waals surface area contributed by atoms with Gasteiger partial charge >= 0.3 is 0 Å². The van der Waals surface area contributed by atoms with Gasteiger partial charge in [0.15, 0.2) is 0 Å². The number of aromatic nitrogens is 1. The zero-order valence-electron chi connectivity index (χ0n) is 16.3. The maximum atomic E-state index is 12.9. The number of hydrogen-bond acceptors (Lipinski definition) is 5. The van der Waals surface area contributed by atoms with E-state index in [1.807, 2.05) is 32.3 Å². The summed E-state index contributed by atoms with van der Waals surface area (Å²) < 4.78 is 11.8. The molecule has 7 heteroatoms. The molecule has 0 fully saturated rings. The summed E-state index contributed by atoms with van der Waals surface area (Å²) in [6.07, 6.45) is 0. The molecular weight excluding hydrogens is 362 g/mol. The number of thiophene rings is 1. The number of hydrogen-bond donors (Lipinski definition) is 2. The minimum absolute atomic E-state index is 0.120. The lowest BCUT2D eigenvalue weighted by atomic mass is 10.1. The van der Waals surface area contributed by atoms with Crippen molar-refractivity contribution in [3.63, 3.8) is 0 Å². The summed E-state index contributed by atoms with van der Waals surface area (Å²) in [5, 5.41) is 3.00. The number of ether oxygens (including phenoxy) is 2. The molecular formula is C20H25N3O3S. The Morgan fingerprint density at radius 3 is 2.67 bits per heavy atom. The van der Waals surface area contributed by atoms with Crippen molar-refractivity contribution in [3.05, 3.63) is 46.0 Å². The van der Waals surface area contributed by atoms with E-state index in [0.29, 0.717) is 24.5 Å². The summed E-state index contributed by atoms with van der Waals surface area (Å²) in [6, 6.07) is 7.65. The van der Waals surface area contributed by atoms with E-state index in [4.69, 9.17) is 9.47 Å². The maximum Gasteiger partial charge on any atom is 0.268 e. The molecule has 0 aliphatic heterocycles. The molecule has 1 amide bonds. The van der Waals surface area contributed by atoms with Gasteiger partial charge in [-0.1, -0.05) is 0 Å². The second-order valence-corrected chi connectivity index (χ2v) is 7.93. The van der Waals surface area contributed by atoms with Crippen LogP contribution in [0.2, 0.25) is 0 Å². The van der Waals surface area contributed by atoms with Gasteiger partial charge in [-0.15, -0.1) is 11.3 Å². The average Bonchev–Trinajstić information content (AvgIpc) is 3.16. The van der Waals surface area contributed by atoms with Gasteiger partial charge in [-0.25, -0.2) is 0 Å². The van der Waals surface area contributed by atoms with Crippen LogP contribution in [0.4, 0.5) is 0 Å². The Bertz CT molecular complexity index is 959. The molecule has 144 valence electrons. The van der Waals surface area contributed by atoms with Crippen molar-refractivity contribution in [2.24, 2.45) is 0 Å². The average molecular weight is 388 g/mol. The second-order valence-electron chi connectivity index (χ2n) is 6.68. The number of carbonyl (C=O) groups is 1. The summed E-state index contributed by atoms with van der Waals surface area (Å²) in [7, 11) is 7.23. The van der Waals surface area contributed by atoms with Gasteiger partial charge in [0.25, 0.3) is 5.91 Å². The fourth-order valence-electron chi connectivity index (χ4n) is 3.08. The van der Waals surface area contributed by atoms with Crippen molar-refractivity contribution in [2.75, 3.05) is 28.3 Å². The van der Waals surface area contributed by atoms with E-state index in [1.54, 1.807) is 25.6 Å². The minimum atomic E-state index is -0.120. The van der Waals surface area contributed by atoms with Crippen molar-refractivity contribution in [3.8, 4) is 11.5 Å². The largest absolute Gasteiger partial charge is 0.497 e. The Kier molecular flexibility index (Phi) is 5.72. The van der Waals surface area contributed by atoms with E-state index in [2.05, 4.69) is 28.2 Å². The molecule has 3 rings (SSSR count). The number of amides is 1. The normalized spacial score (nSPS) is 11.2. The third-order valence-corrected chi connectivity index (χ3v) is 5.44. The van der Waals surface area contributed by atoms with Crippen molar-refractivity contribution in [1.82, 2.24) is 15.2 Å². The van der Waals surface area contributed by atoms with Gasteiger partial charge in [-0.05, 0) is 39.2 Å². The monoisotopic (exact) mass is 387 g/mol. The van der Waals surface area contributed by atoms with E-state index >= 15 is 0 Å². The third kappa shape index (κ3) is 4.09. The molecule has 27 heavy (non-hydrogen) atoms. The smallest absolute Gasteiger partial charge is 0.268 e. The van der Waals surface area contributed by atoms with Crippen molar-refractivity contribution in [1.29, 1.82) is 0 Å². The van der Waals surface area contributed by atoms with E-state index in [0.717, 1.165) is 27.1 Å². The van der Waals surface area contributed by atoms with Gasteiger partial charge in [0.2, 0.25) is 0 Å². The van der Waals surface area contributed by atoms with Gasteiger partial charge in [0.1, 0.15) is 17.2 Å².